The molecule has 2 rings (SSSR count). The molecule has 1 unspecified atom stereocenters. The van der Waals surface area contributed by atoms with Crippen molar-refractivity contribution in [1.82, 2.24) is 0 Å². The minimum Gasteiger partial charge on any atom is -0.467 e. The van der Waals surface area contributed by atoms with Crippen molar-refractivity contribution in [3.05, 3.63) is 60.7 Å². The van der Waals surface area contributed by atoms with Gasteiger partial charge in [0.2, 0.25) is 5.54 Å². The molecule has 180 valence electrons. The van der Waals surface area contributed by atoms with Crippen molar-refractivity contribution in [3.8, 4) is 0 Å². The first-order chi connectivity index (χ1) is 15.3. The van der Waals surface area contributed by atoms with Crippen LogP contribution in [0.3, 0.4) is 0 Å². The van der Waals surface area contributed by atoms with Crippen LogP contribution in [0.15, 0.2) is 60.7 Å². The molecule has 0 aromatic heterocycles. The van der Waals surface area contributed by atoms with Gasteiger partial charge in [0.25, 0.3) is 8.32 Å². The number of nitrogens with two attached hydrogens (primary N) is 1. The van der Waals surface area contributed by atoms with Gasteiger partial charge in [-0.1, -0.05) is 81.4 Å². The topological polar surface area (TPSA) is 87.9 Å². The predicted octanol–water partition coefficient (Wildman–Crippen LogP) is 3.17. The van der Waals surface area contributed by atoms with E-state index in [1.165, 1.54) is 7.11 Å². The molecule has 0 heterocycles. The summed E-state index contributed by atoms with van der Waals surface area (Å²) in [4.78, 5) is 25.4. The first-order valence-electron chi connectivity index (χ1n) is 11.1. The van der Waals surface area contributed by atoms with Gasteiger partial charge in [0.05, 0.1) is 7.11 Å². The van der Waals surface area contributed by atoms with Gasteiger partial charge in [-0.25, -0.2) is 9.59 Å². The quantitative estimate of drug-likeness (QED) is 0.361. The van der Waals surface area contributed by atoms with E-state index < -0.39 is 31.4 Å². The maximum absolute atomic E-state index is 12.9. The van der Waals surface area contributed by atoms with Gasteiger partial charge in [-0.15, -0.1) is 0 Å². The zero-order chi connectivity index (χ0) is 24.9. The maximum atomic E-state index is 12.9. The van der Waals surface area contributed by atoms with Crippen LogP contribution in [-0.2, 0) is 23.5 Å². The maximum Gasteiger partial charge on any atom is 0.338 e. The molecule has 0 aliphatic rings. The molecule has 0 radical (unpaired) electrons. The number of benzene rings is 2. The van der Waals surface area contributed by atoms with E-state index in [-0.39, 0.29) is 18.1 Å². The summed E-state index contributed by atoms with van der Waals surface area (Å²) in [5.74, 6) is -1.67. The lowest BCUT2D eigenvalue weighted by Crippen LogP contribution is -2.67. The Morgan fingerprint density at radius 1 is 0.818 bits per heavy atom. The van der Waals surface area contributed by atoms with Crippen LogP contribution in [0.1, 0.15) is 48.0 Å². The molecular formula is C26H37NO5Si. The third-order valence-electron chi connectivity index (χ3n) is 5.54. The third kappa shape index (κ3) is 5.91. The molecule has 6 nitrogen and oxygen atoms in total. The van der Waals surface area contributed by atoms with E-state index in [0.717, 1.165) is 10.4 Å². The Kier molecular flexibility index (Phi) is 8.27. The first kappa shape index (κ1) is 26.8. The van der Waals surface area contributed by atoms with E-state index in [2.05, 4.69) is 45.0 Å². The van der Waals surface area contributed by atoms with Crippen LogP contribution in [0.4, 0.5) is 0 Å². The van der Waals surface area contributed by atoms with Crippen LogP contribution in [0, 0.1) is 0 Å². The SMILES string of the molecule is COC(=O)C(N)(CCO[Si](c1ccccc1)(c1ccccc1)C(C)(C)C)C(=O)OC(C)(C)C. The summed E-state index contributed by atoms with van der Waals surface area (Å²) >= 11 is 0. The first-order valence-corrected chi connectivity index (χ1v) is 13.0. The Bertz CT molecular complexity index is 895. The average molecular weight is 472 g/mol. The molecule has 0 aliphatic carbocycles. The largest absolute Gasteiger partial charge is 0.467 e. The van der Waals surface area contributed by atoms with Crippen LogP contribution in [0.2, 0.25) is 5.04 Å². The highest BCUT2D eigenvalue weighted by Crippen LogP contribution is 2.37. The Labute approximate surface area is 198 Å². The molecule has 0 fully saturated rings. The van der Waals surface area contributed by atoms with Crippen molar-refractivity contribution in [2.24, 2.45) is 5.73 Å². The molecular weight excluding hydrogens is 434 g/mol. The van der Waals surface area contributed by atoms with Gasteiger partial charge >= 0.3 is 11.9 Å². The number of ether oxygens (including phenoxy) is 2. The lowest BCUT2D eigenvalue weighted by Gasteiger charge is -2.43. The zero-order valence-electron chi connectivity index (χ0n) is 20.8. The Morgan fingerprint density at radius 3 is 1.64 bits per heavy atom. The van der Waals surface area contributed by atoms with Gasteiger partial charge in [0, 0.05) is 13.0 Å². The van der Waals surface area contributed by atoms with E-state index in [1.54, 1.807) is 20.8 Å². The molecule has 7 heteroatoms. The number of methoxy groups -OCH3 is 1. The summed E-state index contributed by atoms with van der Waals surface area (Å²) in [5, 5.41) is 1.95. The molecule has 2 aromatic rings. The lowest BCUT2D eigenvalue weighted by atomic mass is 9.97. The number of hydrogen-bond donors (Lipinski definition) is 1. The van der Waals surface area contributed by atoms with Crippen LogP contribution in [0.25, 0.3) is 0 Å². The molecule has 0 saturated carbocycles. The summed E-state index contributed by atoms with van der Waals surface area (Å²) in [6.45, 7) is 11.7. The zero-order valence-corrected chi connectivity index (χ0v) is 21.8. The fourth-order valence-electron chi connectivity index (χ4n) is 3.97. The van der Waals surface area contributed by atoms with Crippen molar-refractivity contribution in [1.29, 1.82) is 0 Å². The lowest BCUT2D eigenvalue weighted by molar-refractivity contribution is -0.171. The summed E-state index contributed by atoms with van der Waals surface area (Å²) in [5.41, 5.74) is 3.54. The summed E-state index contributed by atoms with van der Waals surface area (Å²) < 4.78 is 17.1. The van der Waals surface area contributed by atoms with Crippen LogP contribution in [0.5, 0.6) is 0 Å². The minimum absolute atomic E-state index is 0.0704. The second-order valence-electron chi connectivity index (χ2n) is 10.2. The van der Waals surface area contributed by atoms with Crippen LogP contribution < -0.4 is 16.1 Å². The second-order valence-corrected chi connectivity index (χ2v) is 14.5. The summed E-state index contributed by atoms with van der Waals surface area (Å²) in [6, 6.07) is 20.2. The molecule has 1 atom stereocenters. The second kappa shape index (κ2) is 10.2. The summed E-state index contributed by atoms with van der Waals surface area (Å²) in [6.07, 6.45) is -0.0704. The average Bonchev–Trinajstić information content (AvgIpc) is 2.75. The van der Waals surface area contributed by atoms with Crippen LogP contribution >= 0.6 is 0 Å². The molecule has 0 saturated heterocycles. The van der Waals surface area contributed by atoms with Gasteiger partial charge in [-0.3, -0.25) is 0 Å². The highest BCUT2D eigenvalue weighted by atomic mass is 28.4. The predicted molar refractivity (Wildman–Crippen MR) is 133 cm³/mol. The molecule has 0 spiro atoms. The number of carbonyl (C=O) groups is 2. The number of hydrogen-bond acceptors (Lipinski definition) is 6. The minimum atomic E-state index is -2.84. The van der Waals surface area contributed by atoms with E-state index in [0.29, 0.717) is 0 Å². The number of carbonyl (C=O) groups excluding carboxylic acids is 2. The van der Waals surface area contributed by atoms with Crippen molar-refractivity contribution < 1.29 is 23.5 Å². The molecule has 0 amide bonds. The van der Waals surface area contributed by atoms with E-state index >= 15 is 0 Å². The van der Waals surface area contributed by atoms with Gasteiger partial charge in [-0.2, -0.15) is 0 Å². The fraction of sp³-hybridized carbons (Fsp3) is 0.462. The van der Waals surface area contributed by atoms with Gasteiger partial charge in [0.1, 0.15) is 5.60 Å². The molecule has 33 heavy (non-hydrogen) atoms. The van der Waals surface area contributed by atoms with Gasteiger partial charge < -0.3 is 19.6 Å². The fourth-order valence-corrected chi connectivity index (χ4v) is 8.53. The monoisotopic (exact) mass is 471 g/mol. The number of rotatable bonds is 8. The van der Waals surface area contributed by atoms with Crippen molar-refractivity contribution >= 4 is 30.6 Å². The van der Waals surface area contributed by atoms with Gasteiger partial charge in [-0.05, 0) is 36.2 Å². The third-order valence-corrected chi connectivity index (χ3v) is 10.6. The highest BCUT2D eigenvalue weighted by molar-refractivity contribution is 6.99. The standard InChI is InChI=1S/C26H37NO5Si/c1-24(2,3)32-23(29)26(27,22(28)30-7)18-19-31-33(25(4,5)6,20-14-10-8-11-15-20)21-16-12-9-13-17-21/h8-17H,18-19,27H2,1-7H3. The normalized spacial score (nSPS) is 14.3. The smallest absolute Gasteiger partial charge is 0.338 e. The van der Waals surface area contributed by atoms with Crippen LogP contribution in [-0.4, -0.2) is 45.1 Å². The van der Waals surface area contributed by atoms with Gasteiger partial charge in [0.15, 0.2) is 0 Å². The Hall–Kier alpha value is -2.48. The van der Waals surface area contributed by atoms with Crippen molar-refractivity contribution in [2.75, 3.05) is 13.7 Å². The molecule has 2 N–H and O–H groups in total. The Balaban J connectivity index is 2.47. The highest BCUT2D eigenvalue weighted by Gasteiger charge is 2.52. The number of esters is 2. The molecule has 0 bridgehead atoms. The van der Waals surface area contributed by atoms with Crippen molar-refractivity contribution in [2.45, 2.75) is 64.1 Å². The van der Waals surface area contributed by atoms with E-state index in [1.807, 2.05) is 36.4 Å². The molecule has 2 aromatic carbocycles. The summed E-state index contributed by atoms with van der Waals surface area (Å²) in [7, 11) is -1.63. The molecule has 0 aliphatic heterocycles. The van der Waals surface area contributed by atoms with E-state index in [4.69, 9.17) is 19.6 Å². The van der Waals surface area contributed by atoms with E-state index in [9.17, 15) is 9.59 Å². The van der Waals surface area contributed by atoms with Crippen molar-refractivity contribution in [3.63, 3.8) is 0 Å². The Morgan fingerprint density at radius 2 is 1.27 bits per heavy atom.